The Labute approximate surface area is 84.7 Å². The summed E-state index contributed by atoms with van der Waals surface area (Å²) in [6.45, 7) is 0.0976. The van der Waals surface area contributed by atoms with Gasteiger partial charge in [-0.25, -0.2) is 0 Å². The summed E-state index contributed by atoms with van der Waals surface area (Å²) in [4.78, 5) is 11.9. The van der Waals surface area contributed by atoms with Crippen LogP contribution in [0.1, 0.15) is 0 Å². The fraction of sp³-hybridized carbons (Fsp3) is 0.125. The van der Waals surface area contributed by atoms with Crippen molar-refractivity contribution < 1.29 is 9.53 Å². The van der Waals surface area contributed by atoms with Crippen LogP contribution >= 0.6 is 22.5 Å². The monoisotopic (exact) mass is 213 g/mol. The fourth-order valence-electron chi connectivity index (χ4n) is 1.12. The maximum absolute atomic E-state index is 11.0. The van der Waals surface area contributed by atoms with E-state index in [0.29, 0.717) is 5.75 Å². The molecule has 1 aliphatic heterocycles. The highest BCUT2D eigenvalue weighted by atomic mass is 33.1. The molecule has 0 aliphatic carbocycles. The summed E-state index contributed by atoms with van der Waals surface area (Å²) in [7, 11) is 1.33. The molecule has 1 aromatic carbocycles. The molecule has 13 heavy (non-hydrogen) atoms. The number of carbonyl (C=O) groups excluding carboxylic acids is 1. The van der Waals surface area contributed by atoms with Gasteiger partial charge >= 0.3 is 0 Å². The molecule has 0 saturated carbocycles. The van der Waals surface area contributed by atoms with Gasteiger partial charge in [-0.05, 0) is 18.2 Å². The minimum absolute atomic E-state index is 0.0976. The number of amides is 1. The third-order valence-corrected chi connectivity index (χ3v) is 2.79. The van der Waals surface area contributed by atoms with Gasteiger partial charge in [-0.3, -0.25) is 4.79 Å². The highest BCUT2D eigenvalue weighted by Crippen LogP contribution is 2.33. The van der Waals surface area contributed by atoms with Crippen LogP contribution in [-0.4, -0.2) is 12.5 Å². The molecule has 0 saturated heterocycles. The van der Waals surface area contributed by atoms with Gasteiger partial charge in [0, 0.05) is 4.90 Å². The molecule has 3 nitrogen and oxygen atoms in total. The van der Waals surface area contributed by atoms with E-state index in [1.165, 1.54) is 10.8 Å². The molecular weight excluding hydrogens is 206 g/mol. The molecule has 0 unspecified atom stereocenters. The summed E-state index contributed by atoms with van der Waals surface area (Å²) in [6.07, 6.45) is 0. The van der Waals surface area contributed by atoms with Crippen LogP contribution in [0.3, 0.4) is 0 Å². The van der Waals surface area contributed by atoms with E-state index in [2.05, 4.69) is 17.0 Å². The number of anilines is 1. The topological polar surface area (TPSA) is 38.3 Å². The van der Waals surface area contributed by atoms with E-state index in [-0.39, 0.29) is 12.5 Å². The molecular formula is C8H7NO2S2. The van der Waals surface area contributed by atoms with Gasteiger partial charge in [0.05, 0.1) is 5.69 Å². The van der Waals surface area contributed by atoms with Crippen molar-refractivity contribution in [2.45, 2.75) is 4.90 Å². The van der Waals surface area contributed by atoms with Gasteiger partial charge in [0.2, 0.25) is 0 Å². The van der Waals surface area contributed by atoms with Crippen molar-refractivity contribution in [3.63, 3.8) is 0 Å². The molecule has 5 heteroatoms. The lowest BCUT2D eigenvalue weighted by atomic mass is 10.2. The third-order valence-electron chi connectivity index (χ3n) is 1.69. The number of fused-ring (bicyclic) bond motifs is 1. The van der Waals surface area contributed by atoms with Crippen molar-refractivity contribution in [1.29, 1.82) is 0 Å². The lowest BCUT2D eigenvalue weighted by molar-refractivity contribution is -0.118. The summed E-state index contributed by atoms with van der Waals surface area (Å²) in [5.41, 5.74) is 0.718. The molecule has 1 aliphatic rings. The van der Waals surface area contributed by atoms with Crippen LogP contribution in [0.4, 0.5) is 5.69 Å². The van der Waals surface area contributed by atoms with Gasteiger partial charge in [0.25, 0.3) is 5.91 Å². The quantitative estimate of drug-likeness (QED) is 0.553. The van der Waals surface area contributed by atoms with Gasteiger partial charge < -0.3 is 10.1 Å². The average molecular weight is 213 g/mol. The Morgan fingerprint density at radius 3 is 3.15 bits per heavy atom. The Hall–Kier alpha value is -0.810. The van der Waals surface area contributed by atoms with E-state index in [9.17, 15) is 4.79 Å². The van der Waals surface area contributed by atoms with E-state index in [1.54, 1.807) is 0 Å². The highest BCUT2D eigenvalue weighted by molar-refractivity contribution is 8.68. The molecule has 68 valence electrons. The van der Waals surface area contributed by atoms with E-state index in [1.807, 2.05) is 18.2 Å². The SMILES string of the molecule is O=C1COc2ccc(SS)cc2N1. The van der Waals surface area contributed by atoms with Crippen molar-refractivity contribution >= 4 is 34.0 Å². The first-order valence-corrected chi connectivity index (χ1v) is 5.54. The number of thiol groups is 1. The van der Waals surface area contributed by atoms with Crippen LogP contribution in [0.5, 0.6) is 5.75 Å². The minimum Gasteiger partial charge on any atom is -0.482 e. The summed E-state index contributed by atoms with van der Waals surface area (Å²) in [5.74, 6) is 0.597. The first-order valence-electron chi connectivity index (χ1n) is 3.68. The van der Waals surface area contributed by atoms with Crippen molar-refractivity contribution in [3.05, 3.63) is 18.2 Å². The van der Waals surface area contributed by atoms with E-state index in [0.717, 1.165) is 10.6 Å². The molecule has 0 aromatic heterocycles. The van der Waals surface area contributed by atoms with Crippen LogP contribution in [0.2, 0.25) is 0 Å². The molecule has 0 fully saturated rings. The molecule has 2 rings (SSSR count). The lowest BCUT2D eigenvalue weighted by Gasteiger charge is -2.17. The number of hydrogen-bond acceptors (Lipinski definition) is 4. The molecule has 1 heterocycles. The second-order valence-electron chi connectivity index (χ2n) is 2.59. The molecule has 1 amide bonds. The molecule has 0 spiro atoms. The summed E-state index contributed by atoms with van der Waals surface area (Å²) in [6, 6.07) is 5.56. The second-order valence-corrected chi connectivity index (χ2v) is 3.79. The zero-order chi connectivity index (χ0) is 9.26. The van der Waals surface area contributed by atoms with E-state index >= 15 is 0 Å². The van der Waals surface area contributed by atoms with Crippen LogP contribution in [0, 0.1) is 0 Å². The minimum atomic E-state index is -0.117. The molecule has 0 radical (unpaired) electrons. The molecule has 1 N–H and O–H groups in total. The second kappa shape index (κ2) is 3.51. The lowest BCUT2D eigenvalue weighted by Crippen LogP contribution is -2.25. The Kier molecular flexibility index (Phi) is 2.37. The first kappa shape index (κ1) is 8.77. The van der Waals surface area contributed by atoms with Crippen molar-refractivity contribution in [2.24, 2.45) is 0 Å². The van der Waals surface area contributed by atoms with E-state index in [4.69, 9.17) is 4.74 Å². The highest BCUT2D eigenvalue weighted by Gasteiger charge is 2.15. The van der Waals surface area contributed by atoms with Gasteiger partial charge in [-0.15, -0.1) is 11.7 Å². The molecule has 1 aromatic rings. The number of nitrogens with one attached hydrogen (secondary N) is 1. The normalized spacial score (nSPS) is 14.4. The number of hydrogen-bond donors (Lipinski definition) is 2. The first-order chi connectivity index (χ1) is 6.29. The number of benzene rings is 1. The Morgan fingerprint density at radius 1 is 1.54 bits per heavy atom. The molecule has 0 atom stereocenters. The Bertz CT molecular complexity index is 354. The predicted octanol–water partition coefficient (Wildman–Crippen LogP) is 1.95. The standard InChI is InChI=1S/C8H7NO2S2/c10-8-4-11-7-2-1-5(13-12)3-6(7)9-8/h1-3,12H,4H2,(H,9,10). The van der Waals surface area contributed by atoms with Gasteiger partial charge in [0.15, 0.2) is 6.61 Å². The predicted molar refractivity (Wildman–Crippen MR) is 55.4 cm³/mol. The van der Waals surface area contributed by atoms with E-state index < -0.39 is 0 Å². The Morgan fingerprint density at radius 2 is 2.38 bits per heavy atom. The van der Waals surface area contributed by atoms with Crippen LogP contribution < -0.4 is 10.1 Å². The Balaban J connectivity index is 2.38. The zero-order valence-corrected chi connectivity index (χ0v) is 8.32. The largest absolute Gasteiger partial charge is 0.482 e. The summed E-state index contributed by atoms with van der Waals surface area (Å²) in [5, 5.41) is 2.72. The fourth-order valence-corrected chi connectivity index (χ4v) is 1.76. The van der Waals surface area contributed by atoms with Crippen molar-refractivity contribution in [2.75, 3.05) is 11.9 Å². The van der Waals surface area contributed by atoms with Gasteiger partial charge in [-0.1, -0.05) is 10.8 Å². The summed E-state index contributed by atoms with van der Waals surface area (Å²) < 4.78 is 5.19. The average Bonchev–Trinajstić information content (AvgIpc) is 2.16. The maximum Gasteiger partial charge on any atom is 0.262 e. The van der Waals surface area contributed by atoms with Gasteiger partial charge in [-0.2, -0.15) is 0 Å². The third kappa shape index (κ3) is 1.76. The maximum atomic E-state index is 11.0. The van der Waals surface area contributed by atoms with Crippen LogP contribution in [0.15, 0.2) is 23.1 Å². The number of carbonyl (C=O) groups is 1. The summed E-state index contributed by atoms with van der Waals surface area (Å²) >= 11 is 4.06. The van der Waals surface area contributed by atoms with Crippen LogP contribution in [0.25, 0.3) is 0 Å². The van der Waals surface area contributed by atoms with Gasteiger partial charge in [0.1, 0.15) is 5.75 Å². The molecule has 0 bridgehead atoms. The smallest absolute Gasteiger partial charge is 0.262 e. The van der Waals surface area contributed by atoms with Crippen molar-refractivity contribution in [1.82, 2.24) is 0 Å². The number of rotatable bonds is 1. The van der Waals surface area contributed by atoms with Crippen molar-refractivity contribution in [3.8, 4) is 5.75 Å². The number of ether oxygens (including phenoxy) is 1. The zero-order valence-electron chi connectivity index (χ0n) is 6.61. The van der Waals surface area contributed by atoms with Crippen LogP contribution in [-0.2, 0) is 4.79 Å².